The molecule has 0 aliphatic carbocycles. The summed E-state index contributed by atoms with van der Waals surface area (Å²) in [6.07, 6.45) is 4.45. The van der Waals surface area contributed by atoms with E-state index in [1.165, 1.54) is 29.2 Å². The van der Waals surface area contributed by atoms with Crippen LogP contribution in [0.5, 0.6) is 0 Å². The molecule has 0 unspecified atom stereocenters. The standard InChI is InChI=1S/C22H14F2N6O/c23-17-10-16(5-4-14(17)12-28-22(31)20-3-1-2-7-26-20)30-8-6-19(29-30)15-9-18(24)21(11-25)27-13-15/h1-10,13H,12H2,(H,28,31). The number of pyridine rings is 2. The van der Waals surface area contributed by atoms with Crippen LogP contribution in [0, 0.1) is 23.0 Å². The summed E-state index contributed by atoms with van der Waals surface area (Å²) >= 11 is 0. The molecule has 3 aromatic heterocycles. The summed E-state index contributed by atoms with van der Waals surface area (Å²) < 4.78 is 29.8. The maximum absolute atomic E-state index is 14.6. The molecule has 1 aromatic carbocycles. The minimum Gasteiger partial charge on any atom is -0.347 e. The lowest BCUT2D eigenvalue weighted by atomic mass is 10.2. The number of hydrogen-bond acceptors (Lipinski definition) is 5. The molecule has 0 saturated carbocycles. The second kappa shape index (κ2) is 8.51. The second-order valence-corrected chi connectivity index (χ2v) is 6.49. The molecule has 0 saturated heterocycles. The molecule has 9 heteroatoms. The van der Waals surface area contributed by atoms with Crippen molar-refractivity contribution < 1.29 is 13.6 Å². The zero-order valence-electron chi connectivity index (χ0n) is 16.0. The highest BCUT2D eigenvalue weighted by atomic mass is 19.1. The fourth-order valence-corrected chi connectivity index (χ4v) is 2.87. The minimum absolute atomic E-state index is 0.00205. The van der Waals surface area contributed by atoms with Crippen LogP contribution in [0.4, 0.5) is 8.78 Å². The SMILES string of the molecule is N#Cc1ncc(-c2ccn(-c3ccc(CNC(=O)c4ccccn4)c(F)c3)n2)cc1F. The van der Waals surface area contributed by atoms with Gasteiger partial charge in [-0.3, -0.25) is 9.78 Å². The van der Waals surface area contributed by atoms with Gasteiger partial charge in [0.1, 0.15) is 17.6 Å². The Labute approximate surface area is 175 Å². The van der Waals surface area contributed by atoms with Crippen LogP contribution in [-0.4, -0.2) is 25.7 Å². The van der Waals surface area contributed by atoms with Crippen molar-refractivity contribution in [3.8, 4) is 23.0 Å². The average molecular weight is 416 g/mol. The molecular weight excluding hydrogens is 402 g/mol. The first-order valence-electron chi connectivity index (χ1n) is 9.15. The monoisotopic (exact) mass is 416 g/mol. The van der Waals surface area contributed by atoms with Gasteiger partial charge in [0.25, 0.3) is 5.91 Å². The highest BCUT2D eigenvalue weighted by molar-refractivity contribution is 5.92. The number of nitrogens with one attached hydrogen (secondary N) is 1. The number of carbonyl (C=O) groups is 1. The van der Waals surface area contributed by atoms with Gasteiger partial charge in [-0.05, 0) is 36.4 Å². The molecule has 0 bridgehead atoms. The molecule has 31 heavy (non-hydrogen) atoms. The van der Waals surface area contributed by atoms with Gasteiger partial charge in [0, 0.05) is 36.3 Å². The van der Waals surface area contributed by atoms with Crippen LogP contribution in [0.3, 0.4) is 0 Å². The number of rotatable bonds is 5. The zero-order chi connectivity index (χ0) is 21.8. The highest BCUT2D eigenvalue weighted by Crippen LogP contribution is 2.21. The summed E-state index contributed by atoms with van der Waals surface area (Å²) in [5.74, 6) is -1.65. The van der Waals surface area contributed by atoms with Crippen molar-refractivity contribution in [1.82, 2.24) is 25.1 Å². The third-order valence-electron chi connectivity index (χ3n) is 4.47. The molecule has 0 fully saturated rings. The van der Waals surface area contributed by atoms with Gasteiger partial charge in [-0.1, -0.05) is 12.1 Å². The van der Waals surface area contributed by atoms with Crippen molar-refractivity contribution >= 4 is 5.91 Å². The number of hydrogen-bond donors (Lipinski definition) is 1. The van der Waals surface area contributed by atoms with Gasteiger partial charge < -0.3 is 5.32 Å². The van der Waals surface area contributed by atoms with Crippen LogP contribution >= 0.6 is 0 Å². The van der Waals surface area contributed by atoms with Crippen LogP contribution in [0.25, 0.3) is 16.9 Å². The van der Waals surface area contributed by atoms with E-state index < -0.39 is 17.5 Å². The van der Waals surface area contributed by atoms with E-state index in [2.05, 4.69) is 20.4 Å². The van der Waals surface area contributed by atoms with E-state index in [1.54, 1.807) is 48.7 Å². The number of nitrogens with zero attached hydrogens (tertiary/aromatic N) is 5. The average Bonchev–Trinajstić information content (AvgIpc) is 3.29. The fourth-order valence-electron chi connectivity index (χ4n) is 2.87. The summed E-state index contributed by atoms with van der Waals surface area (Å²) in [5.41, 5.74) is 1.52. The number of carbonyl (C=O) groups excluding carboxylic acids is 1. The van der Waals surface area contributed by atoms with Crippen LogP contribution in [-0.2, 0) is 6.54 Å². The van der Waals surface area contributed by atoms with Gasteiger partial charge in [-0.25, -0.2) is 18.4 Å². The summed E-state index contributed by atoms with van der Waals surface area (Å²) in [7, 11) is 0. The van der Waals surface area contributed by atoms with Crippen molar-refractivity contribution in [2.45, 2.75) is 6.54 Å². The van der Waals surface area contributed by atoms with Gasteiger partial charge in [0.2, 0.25) is 0 Å². The van der Waals surface area contributed by atoms with Crippen molar-refractivity contribution in [3.63, 3.8) is 0 Å². The van der Waals surface area contributed by atoms with Crippen LogP contribution in [0.1, 0.15) is 21.7 Å². The molecule has 3 heterocycles. The van der Waals surface area contributed by atoms with E-state index in [-0.39, 0.29) is 17.9 Å². The van der Waals surface area contributed by atoms with E-state index in [4.69, 9.17) is 5.26 Å². The second-order valence-electron chi connectivity index (χ2n) is 6.49. The number of amides is 1. The summed E-state index contributed by atoms with van der Waals surface area (Å²) in [6, 6.07) is 13.9. The maximum Gasteiger partial charge on any atom is 0.270 e. The van der Waals surface area contributed by atoms with E-state index >= 15 is 0 Å². The third kappa shape index (κ3) is 4.28. The van der Waals surface area contributed by atoms with E-state index in [1.807, 2.05) is 0 Å². The van der Waals surface area contributed by atoms with Gasteiger partial charge in [0.15, 0.2) is 11.5 Å². The molecule has 0 aliphatic rings. The number of halogens is 2. The smallest absolute Gasteiger partial charge is 0.270 e. The van der Waals surface area contributed by atoms with E-state index in [0.717, 1.165) is 0 Å². The molecule has 1 N–H and O–H groups in total. The maximum atomic E-state index is 14.6. The lowest BCUT2D eigenvalue weighted by molar-refractivity contribution is 0.0945. The van der Waals surface area contributed by atoms with Crippen LogP contribution in [0.15, 0.2) is 67.1 Å². The summed E-state index contributed by atoms with van der Waals surface area (Å²) in [6.45, 7) is 0.00205. The Hall–Kier alpha value is -4.45. The lowest BCUT2D eigenvalue weighted by Gasteiger charge is -2.08. The first-order chi connectivity index (χ1) is 15.0. The van der Waals surface area contributed by atoms with Crippen molar-refractivity contribution in [3.05, 3.63) is 95.7 Å². The number of benzene rings is 1. The Kier molecular flexibility index (Phi) is 5.45. The molecule has 0 spiro atoms. The zero-order valence-corrected chi connectivity index (χ0v) is 16.0. The number of aromatic nitrogens is 4. The normalized spacial score (nSPS) is 10.5. The van der Waals surface area contributed by atoms with Crippen molar-refractivity contribution in [2.24, 2.45) is 0 Å². The highest BCUT2D eigenvalue weighted by Gasteiger charge is 2.12. The Bertz CT molecular complexity index is 1300. The van der Waals surface area contributed by atoms with E-state index in [0.29, 0.717) is 22.5 Å². The van der Waals surface area contributed by atoms with Crippen LogP contribution < -0.4 is 5.32 Å². The summed E-state index contributed by atoms with van der Waals surface area (Å²) in [5, 5.41) is 15.7. The van der Waals surface area contributed by atoms with E-state index in [9.17, 15) is 13.6 Å². The molecule has 0 atom stereocenters. The number of nitriles is 1. The van der Waals surface area contributed by atoms with Gasteiger partial charge in [-0.2, -0.15) is 10.4 Å². The predicted molar refractivity (Wildman–Crippen MR) is 107 cm³/mol. The predicted octanol–water partition coefficient (Wildman–Crippen LogP) is 3.41. The molecule has 4 rings (SSSR count). The summed E-state index contributed by atoms with van der Waals surface area (Å²) in [4.78, 5) is 19.8. The van der Waals surface area contributed by atoms with Gasteiger partial charge in [-0.15, -0.1) is 0 Å². The Morgan fingerprint density at radius 1 is 1.10 bits per heavy atom. The Balaban J connectivity index is 1.49. The molecule has 152 valence electrons. The largest absolute Gasteiger partial charge is 0.347 e. The van der Waals surface area contributed by atoms with Crippen LogP contribution in [0.2, 0.25) is 0 Å². The molecule has 0 aliphatic heterocycles. The quantitative estimate of drug-likeness (QED) is 0.538. The molecule has 7 nitrogen and oxygen atoms in total. The first kappa shape index (κ1) is 19.8. The van der Waals surface area contributed by atoms with Gasteiger partial charge >= 0.3 is 0 Å². The Morgan fingerprint density at radius 3 is 2.68 bits per heavy atom. The first-order valence-corrected chi connectivity index (χ1v) is 9.15. The molecule has 0 radical (unpaired) electrons. The fraction of sp³-hybridized carbons (Fsp3) is 0.0455. The molecule has 4 aromatic rings. The Morgan fingerprint density at radius 2 is 1.97 bits per heavy atom. The molecule has 1 amide bonds. The minimum atomic E-state index is -0.738. The van der Waals surface area contributed by atoms with Gasteiger partial charge in [0.05, 0.1) is 11.4 Å². The van der Waals surface area contributed by atoms with Crippen molar-refractivity contribution in [1.29, 1.82) is 5.26 Å². The third-order valence-corrected chi connectivity index (χ3v) is 4.47. The van der Waals surface area contributed by atoms with Crippen molar-refractivity contribution in [2.75, 3.05) is 0 Å². The molecular formula is C22H14F2N6O. The topological polar surface area (TPSA) is 96.5 Å². The lowest BCUT2D eigenvalue weighted by Crippen LogP contribution is -2.24.